The van der Waals surface area contributed by atoms with Crippen LogP contribution < -0.4 is 0 Å². The molecule has 1 heterocycles. The molecule has 1 aromatic heterocycles. The maximum absolute atomic E-state index is 13.1. The molecule has 88 valence electrons. The van der Waals surface area contributed by atoms with Crippen LogP contribution in [0.5, 0.6) is 0 Å². The molecule has 0 unspecified atom stereocenters. The highest BCUT2D eigenvalue weighted by atomic mass is 79.9. The van der Waals surface area contributed by atoms with Crippen molar-refractivity contribution in [3.05, 3.63) is 50.1 Å². The highest BCUT2D eigenvalue weighted by Gasteiger charge is 2.11. The topological polar surface area (TPSA) is 30.0 Å². The van der Waals surface area contributed by atoms with Crippen LogP contribution in [0.25, 0.3) is 0 Å². The molecule has 2 nitrogen and oxygen atoms in total. The Morgan fingerprint density at radius 3 is 2.82 bits per heavy atom. The van der Waals surface area contributed by atoms with Crippen molar-refractivity contribution in [2.24, 2.45) is 0 Å². The largest absolute Gasteiger partial charge is 0.292 e. The van der Waals surface area contributed by atoms with Crippen molar-refractivity contribution < 1.29 is 9.18 Å². The Kier molecular flexibility index (Phi) is 3.69. The molecule has 0 saturated heterocycles. The minimum atomic E-state index is -0.350. The molecule has 17 heavy (non-hydrogen) atoms. The Bertz CT molecular complexity index is 547. The molecule has 0 N–H and O–H groups in total. The second-order valence-corrected chi connectivity index (χ2v) is 5.61. The number of nitrogens with zero attached hydrogens (tertiary/aromatic N) is 1. The Labute approximate surface area is 111 Å². The van der Waals surface area contributed by atoms with E-state index in [4.69, 9.17) is 0 Å². The fourth-order valence-electron chi connectivity index (χ4n) is 1.48. The van der Waals surface area contributed by atoms with Crippen LogP contribution in [0.3, 0.4) is 0 Å². The SMILES string of the molecule is Cc1nc(C(=O)Cc2cc(F)cc(Br)c2)cs1. The number of halogens is 2. The first-order chi connectivity index (χ1) is 8.04. The molecule has 0 aliphatic carbocycles. The third-order valence-corrected chi connectivity index (χ3v) is 3.42. The van der Waals surface area contributed by atoms with Crippen molar-refractivity contribution in [2.75, 3.05) is 0 Å². The van der Waals surface area contributed by atoms with Gasteiger partial charge in [-0.15, -0.1) is 11.3 Å². The number of hydrogen-bond acceptors (Lipinski definition) is 3. The second-order valence-electron chi connectivity index (χ2n) is 3.63. The van der Waals surface area contributed by atoms with Gasteiger partial charge in [-0.3, -0.25) is 4.79 Å². The normalized spacial score (nSPS) is 10.5. The third kappa shape index (κ3) is 3.20. The molecule has 0 atom stereocenters. The van der Waals surface area contributed by atoms with Crippen LogP contribution in [-0.2, 0) is 6.42 Å². The van der Waals surface area contributed by atoms with Gasteiger partial charge in [0.1, 0.15) is 11.5 Å². The lowest BCUT2D eigenvalue weighted by Crippen LogP contribution is -2.04. The number of ketones is 1. The Morgan fingerprint density at radius 2 is 2.24 bits per heavy atom. The van der Waals surface area contributed by atoms with E-state index in [0.29, 0.717) is 15.7 Å². The lowest BCUT2D eigenvalue weighted by Gasteiger charge is -2.00. The number of aromatic nitrogens is 1. The molecular weight excluding hydrogens is 305 g/mol. The molecule has 0 saturated carbocycles. The van der Waals surface area contributed by atoms with Crippen LogP contribution in [-0.4, -0.2) is 10.8 Å². The monoisotopic (exact) mass is 313 g/mol. The van der Waals surface area contributed by atoms with Gasteiger partial charge in [0, 0.05) is 16.3 Å². The van der Waals surface area contributed by atoms with Gasteiger partial charge in [0.15, 0.2) is 5.78 Å². The number of aryl methyl sites for hydroxylation is 1. The minimum absolute atomic E-state index is 0.0909. The molecule has 5 heteroatoms. The summed E-state index contributed by atoms with van der Waals surface area (Å²) in [6, 6.07) is 4.46. The molecule has 0 amide bonds. The zero-order valence-electron chi connectivity index (χ0n) is 9.04. The first kappa shape index (κ1) is 12.4. The lowest BCUT2D eigenvalue weighted by atomic mass is 10.1. The van der Waals surface area contributed by atoms with Gasteiger partial charge >= 0.3 is 0 Å². The molecule has 1 aromatic carbocycles. The summed E-state index contributed by atoms with van der Waals surface area (Å²) < 4.78 is 13.8. The molecule has 0 fully saturated rings. The highest BCUT2D eigenvalue weighted by molar-refractivity contribution is 9.10. The van der Waals surface area contributed by atoms with E-state index in [9.17, 15) is 9.18 Å². The highest BCUT2D eigenvalue weighted by Crippen LogP contribution is 2.17. The predicted octanol–water partition coefficient (Wildman–Crippen LogP) is 3.78. The van der Waals surface area contributed by atoms with Crippen molar-refractivity contribution in [1.82, 2.24) is 4.98 Å². The number of Topliss-reactive ketones (excluding diaryl/α,β-unsaturated/α-hetero) is 1. The average molecular weight is 314 g/mol. The average Bonchev–Trinajstić information content (AvgIpc) is 2.63. The van der Waals surface area contributed by atoms with Gasteiger partial charge in [0.05, 0.1) is 5.01 Å². The van der Waals surface area contributed by atoms with Crippen molar-refractivity contribution in [1.29, 1.82) is 0 Å². The van der Waals surface area contributed by atoms with Gasteiger partial charge in [0.2, 0.25) is 0 Å². The third-order valence-electron chi connectivity index (χ3n) is 2.19. The van der Waals surface area contributed by atoms with E-state index < -0.39 is 0 Å². The maximum atomic E-state index is 13.1. The summed E-state index contributed by atoms with van der Waals surface area (Å²) in [5.74, 6) is -0.441. The van der Waals surface area contributed by atoms with Crippen LogP contribution >= 0.6 is 27.3 Å². The van der Waals surface area contributed by atoms with Crippen LogP contribution in [0.15, 0.2) is 28.1 Å². The Morgan fingerprint density at radius 1 is 1.47 bits per heavy atom. The fourth-order valence-corrected chi connectivity index (χ4v) is 2.61. The number of rotatable bonds is 3. The predicted molar refractivity (Wildman–Crippen MR) is 69.0 cm³/mol. The van der Waals surface area contributed by atoms with Gasteiger partial charge in [-0.1, -0.05) is 15.9 Å². The number of carbonyl (C=O) groups is 1. The Hall–Kier alpha value is -1.07. The fraction of sp³-hybridized carbons (Fsp3) is 0.167. The zero-order chi connectivity index (χ0) is 12.4. The Balaban J connectivity index is 2.18. The summed E-state index contributed by atoms with van der Waals surface area (Å²) in [6.07, 6.45) is 0.166. The molecule has 0 aliphatic rings. The van der Waals surface area contributed by atoms with E-state index in [-0.39, 0.29) is 18.0 Å². The van der Waals surface area contributed by atoms with Gasteiger partial charge < -0.3 is 0 Å². The molecule has 0 radical (unpaired) electrons. The molecule has 0 aliphatic heterocycles. The van der Waals surface area contributed by atoms with E-state index in [2.05, 4.69) is 20.9 Å². The van der Waals surface area contributed by atoms with Crippen molar-refractivity contribution in [3.63, 3.8) is 0 Å². The standard InChI is InChI=1S/C12H9BrFNOS/c1-7-15-11(6-17-7)12(16)4-8-2-9(13)5-10(14)3-8/h2-3,5-6H,4H2,1H3. The van der Waals surface area contributed by atoms with Gasteiger partial charge in [-0.25, -0.2) is 9.37 Å². The van der Waals surface area contributed by atoms with Crippen LogP contribution in [0.1, 0.15) is 21.1 Å². The van der Waals surface area contributed by atoms with Crippen molar-refractivity contribution >= 4 is 33.0 Å². The number of benzene rings is 1. The molecular formula is C12H9BrFNOS. The van der Waals surface area contributed by atoms with Crippen LogP contribution in [0, 0.1) is 12.7 Å². The van der Waals surface area contributed by atoms with Crippen LogP contribution in [0.2, 0.25) is 0 Å². The van der Waals surface area contributed by atoms with Gasteiger partial charge in [0.25, 0.3) is 0 Å². The molecule has 0 spiro atoms. The summed E-state index contributed by atoms with van der Waals surface area (Å²) in [6.45, 7) is 1.85. The number of hydrogen-bond donors (Lipinski definition) is 0. The summed E-state index contributed by atoms with van der Waals surface area (Å²) in [4.78, 5) is 16.0. The van der Waals surface area contributed by atoms with Gasteiger partial charge in [-0.2, -0.15) is 0 Å². The van der Waals surface area contributed by atoms with Crippen LogP contribution in [0.4, 0.5) is 4.39 Å². The summed E-state index contributed by atoms with van der Waals surface area (Å²) in [5, 5.41) is 2.58. The van der Waals surface area contributed by atoms with Crippen molar-refractivity contribution in [3.8, 4) is 0 Å². The van der Waals surface area contributed by atoms with E-state index in [0.717, 1.165) is 5.01 Å². The molecule has 0 bridgehead atoms. The molecule has 2 rings (SSSR count). The maximum Gasteiger partial charge on any atom is 0.186 e. The number of carbonyl (C=O) groups excluding carboxylic acids is 1. The first-order valence-electron chi connectivity index (χ1n) is 4.95. The summed E-state index contributed by atoms with van der Waals surface area (Å²) in [5.41, 5.74) is 1.10. The van der Waals surface area contributed by atoms with E-state index in [1.807, 2.05) is 6.92 Å². The molecule has 2 aromatic rings. The smallest absolute Gasteiger partial charge is 0.186 e. The zero-order valence-corrected chi connectivity index (χ0v) is 11.4. The quantitative estimate of drug-likeness (QED) is 0.807. The summed E-state index contributed by atoms with van der Waals surface area (Å²) >= 11 is 4.63. The summed E-state index contributed by atoms with van der Waals surface area (Å²) in [7, 11) is 0. The van der Waals surface area contributed by atoms with E-state index >= 15 is 0 Å². The lowest BCUT2D eigenvalue weighted by molar-refractivity contribution is 0.0988. The van der Waals surface area contributed by atoms with Gasteiger partial charge in [-0.05, 0) is 30.7 Å². The van der Waals surface area contributed by atoms with E-state index in [1.165, 1.54) is 23.5 Å². The number of thiazole rings is 1. The van der Waals surface area contributed by atoms with E-state index in [1.54, 1.807) is 11.4 Å². The first-order valence-corrected chi connectivity index (χ1v) is 6.62. The minimum Gasteiger partial charge on any atom is -0.292 e. The van der Waals surface area contributed by atoms with Crippen molar-refractivity contribution in [2.45, 2.75) is 13.3 Å². The second kappa shape index (κ2) is 5.06.